The molecule has 0 fully saturated rings. The van der Waals surface area contributed by atoms with Crippen LogP contribution >= 0.6 is 0 Å². The third-order valence-electron chi connectivity index (χ3n) is 4.97. The van der Waals surface area contributed by atoms with Gasteiger partial charge in [-0.05, 0) is 57.2 Å². The number of rotatable bonds is 11. The van der Waals surface area contributed by atoms with Crippen molar-refractivity contribution in [1.82, 2.24) is 14.8 Å². The second-order valence-corrected chi connectivity index (χ2v) is 7.51. The van der Waals surface area contributed by atoms with Gasteiger partial charge in [0.1, 0.15) is 17.2 Å². The van der Waals surface area contributed by atoms with Gasteiger partial charge in [0.25, 0.3) is 5.91 Å². The summed E-state index contributed by atoms with van der Waals surface area (Å²) in [4.78, 5) is 24.9. The van der Waals surface area contributed by atoms with E-state index in [2.05, 4.69) is 10.5 Å². The SMILES string of the molecule is CCOC(=O)COc1ccccc1-n1cc(C(=O)N(CC)Nc2ccc(OCC)cc2)c(C(F)(F)F)n1. The summed E-state index contributed by atoms with van der Waals surface area (Å²) in [6.45, 7) is 5.35. The van der Waals surface area contributed by atoms with E-state index in [1.54, 1.807) is 50.2 Å². The maximum atomic E-state index is 13.9. The van der Waals surface area contributed by atoms with Crippen molar-refractivity contribution in [3.05, 3.63) is 66.0 Å². The summed E-state index contributed by atoms with van der Waals surface area (Å²) >= 11 is 0. The molecule has 1 amide bonds. The van der Waals surface area contributed by atoms with Gasteiger partial charge in [-0.3, -0.25) is 15.2 Å². The molecule has 1 N–H and O–H groups in total. The molecule has 0 bridgehead atoms. The summed E-state index contributed by atoms with van der Waals surface area (Å²) in [5.41, 5.74) is 1.41. The number of esters is 1. The molecule has 1 aromatic heterocycles. The highest BCUT2D eigenvalue weighted by Crippen LogP contribution is 2.33. The Labute approximate surface area is 211 Å². The molecule has 0 aliphatic rings. The average Bonchev–Trinajstić information content (AvgIpc) is 3.33. The quantitative estimate of drug-likeness (QED) is 0.289. The fourth-order valence-corrected chi connectivity index (χ4v) is 3.34. The number of amides is 1. The fourth-order valence-electron chi connectivity index (χ4n) is 3.34. The number of nitrogens with zero attached hydrogens (tertiary/aromatic N) is 3. The number of alkyl halides is 3. The van der Waals surface area contributed by atoms with Crippen molar-refractivity contribution in [1.29, 1.82) is 0 Å². The van der Waals surface area contributed by atoms with E-state index in [0.717, 1.165) is 15.9 Å². The molecule has 1 heterocycles. The lowest BCUT2D eigenvalue weighted by Crippen LogP contribution is -2.36. The Balaban J connectivity index is 1.92. The highest BCUT2D eigenvalue weighted by Gasteiger charge is 2.40. The van der Waals surface area contributed by atoms with Gasteiger partial charge in [0.15, 0.2) is 12.3 Å². The van der Waals surface area contributed by atoms with Gasteiger partial charge in [-0.1, -0.05) is 12.1 Å². The van der Waals surface area contributed by atoms with Gasteiger partial charge in [0.2, 0.25) is 0 Å². The van der Waals surface area contributed by atoms with Crippen LogP contribution in [0, 0.1) is 0 Å². The zero-order valence-corrected chi connectivity index (χ0v) is 20.5. The van der Waals surface area contributed by atoms with Crippen LogP contribution in [-0.4, -0.2) is 53.0 Å². The lowest BCUT2D eigenvalue weighted by molar-refractivity contribution is -0.145. The standard InChI is InChI=1S/C25H27F3N4O5/c1-4-31(29-17-11-13-18(14-12-17)35-5-2)24(34)19-15-32(30-23(19)25(26,27)28)20-9-7-8-10-21(20)37-16-22(33)36-6-3/h7-15,29H,4-6,16H2,1-3H3. The van der Waals surface area contributed by atoms with Crippen molar-refractivity contribution >= 4 is 17.6 Å². The molecule has 0 unspecified atom stereocenters. The minimum atomic E-state index is -4.91. The van der Waals surface area contributed by atoms with E-state index in [-0.39, 0.29) is 24.6 Å². The Bertz CT molecular complexity index is 1210. The zero-order valence-electron chi connectivity index (χ0n) is 20.5. The Kier molecular flexibility index (Phi) is 8.99. The van der Waals surface area contributed by atoms with Crippen LogP contribution in [0.1, 0.15) is 36.8 Å². The van der Waals surface area contributed by atoms with Crippen LogP contribution in [0.3, 0.4) is 0 Å². The van der Waals surface area contributed by atoms with Crippen LogP contribution in [0.5, 0.6) is 11.5 Å². The molecule has 0 spiro atoms. The molecule has 198 valence electrons. The summed E-state index contributed by atoms with van der Waals surface area (Å²) in [5.74, 6) is -0.860. The highest BCUT2D eigenvalue weighted by molar-refractivity contribution is 5.96. The highest BCUT2D eigenvalue weighted by atomic mass is 19.4. The first kappa shape index (κ1) is 27.4. The van der Waals surface area contributed by atoms with Gasteiger partial charge in [-0.15, -0.1) is 0 Å². The molecule has 0 saturated carbocycles. The number of carbonyl (C=O) groups is 2. The Morgan fingerprint density at radius 3 is 2.32 bits per heavy atom. The smallest absolute Gasteiger partial charge is 0.435 e. The van der Waals surface area contributed by atoms with Crippen molar-refractivity contribution in [3.8, 4) is 17.2 Å². The molecule has 9 nitrogen and oxygen atoms in total. The van der Waals surface area contributed by atoms with Crippen LogP contribution in [0.4, 0.5) is 18.9 Å². The van der Waals surface area contributed by atoms with Crippen molar-refractivity contribution in [2.75, 3.05) is 31.8 Å². The molecule has 3 rings (SSSR count). The van der Waals surface area contributed by atoms with E-state index in [0.29, 0.717) is 18.0 Å². The van der Waals surface area contributed by atoms with Crippen molar-refractivity contribution < 1.29 is 37.0 Å². The number of ether oxygens (including phenoxy) is 3. The molecule has 0 saturated heterocycles. The molecule has 0 aliphatic heterocycles. The monoisotopic (exact) mass is 520 g/mol. The van der Waals surface area contributed by atoms with E-state index < -0.39 is 35.9 Å². The molecular weight excluding hydrogens is 493 g/mol. The van der Waals surface area contributed by atoms with Crippen LogP contribution < -0.4 is 14.9 Å². The Morgan fingerprint density at radius 1 is 1.00 bits per heavy atom. The maximum Gasteiger partial charge on any atom is 0.435 e. The van der Waals surface area contributed by atoms with Gasteiger partial charge < -0.3 is 14.2 Å². The van der Waals surface area contributed by atoms with E-state index >= 15 is 0 Å². The molecule has 0 aliphatic carbocycles. The Morgan fingerprint density at radius 2 is 1.70 bits per heavy atom. The summed E-state index contributed by atoms with van der Waals surface area (Å²) in [6.07, 6.45) is -3.92. The number of hydrazine groups is 1. The number of carbonyl (C=O) groups excluding carboxylic acids is 2. The normalized spacial score (nSPS) is 11.1. The fraction of sp³-hybridized carbons (Fsp3) is 0.320. The van der Waals surface area contributed by atoms with E-state index in [4.69, 9.17) is 14.2 Å². The third-order valence-corrected chi connectivity index (χ3v) is 4.97. The number of anilines is 1. The molecular formula is C25H27F3N4O5. The number of benzene rings is 2. The summed E-state index contributed by atoms with van der Waals surface area (Å²) in [6, 6.07) is 12.7. The molecule has 3 aromatic rings. The maximum absolute atomic E-state index is 13.9. The number of hydrogen-bond donors (Lipinski definition) is 1. The number of aromatic nitrogens is 2. The summed E-state index contributed by atoms with van der Waals surface area (Å²) < 4.78 is 58.3. The van der Waals surface area contributed by atoms with Gasteiger partial charge in [-0.2, -0.15) is 18.3 Å². The summed E-state index contributed by atoms with van der Waals surface area (Å²) in [7, 11) is 0. The second kappa shape index (κ2) is 12.2. The van der Waals surface area contributed by atoms with Crippen LogP contribution in [0.15, 0.2) is 54.7 Å². The number of para-hydroxylation sites is 2. The first-order valence-corrected chi connectivity index (χ1v) is 11.5. The number of halogens is 3. The lowest BCUT2D eigenvalue weighted by Gasteiger charge is -2.23. The van der Waals surface area contributed by atoms with Crippen molar-refractivity contribution in [2.24, 2.45) is 0 Å². The van der Waals surface area contributed by atoms with Gasteiger partial charge >= 0.3 is 12.1 Å². The van der Waals surface area contributed by atoms with Crippen LogP contribution in [0.2, 0.25) is 0 Å². The van der Waals surface area contributed by atoms with Gasteiger partial charge in [0.05, 0.1) is 24.5 Å². The Hall–Kier alpha value is -4.22. The molecule has 0 radical (unpaired) electrons. The van der Waals surface area contributed by atoms with Crippen LogP contribution in [-0.2, 0) is 15.7 Å². The molecule has 2 aromatic carbocycles. The summed E-state index contributed by atoms with van der Waals surface area (Å²) in [5, 5.41) is 4.71. The largest absolute Gasteiger partial charge is 0.494 e. The van der Waals surface area contributed by atoms with Gasteiger partial charge in [-0.25, -0.2) is 9.48 Å². The molecule has 0 atom stereocenters. The number of nitrogens with one attached hydrogen (secondary N) is 1. The minimum absolute atomic E-state index is 0.0633. The molecule has 37 heavy (non-hydrogen) atoms. The van der Waals surface area contributed by atoms with Crippen molar-refractivity contribution in [3.63, 3.8) is 0 Å². The third kappa shape index (κ3) is 6.93. The lowest BCUT2D eigenvalue weighted by atomic mass is 10.2. The van der Waals surface area contributed by atoms with Crippen LogP contribution in [0.25, 0.3) is 5.69 Å². The molecule has 12 heteroatoms. The topological polar surface area (TPSA) is 94.9 Å². The zero-order chi connectivity index (χ0) is 27.0. The van der Waals surface area contributed by atoms with E-state index in [1.807, 2.05) is 6.92 Å². The van der Waals surface area contributed by atoms with Gasteiger partial charge in [0, 0.05) is 12.7 Å². The first-order valence-electron chi connectivity index (χ1n) is 11.5. The average molecular weight is 521 g/mol. The minimum Gasteiger partial charge on any atom is -0.494 e. The van der Waals surface area contributed by atoms with E-state index in [1.165, 1.54) is 12.1 Å². The predicted octanol–water partition coefficient (Wildman–Crippen LogP) is 4.72. The second-order valence-electron chi connectivity index (χ2n) is 7.51. The first-order chi connectivity index (χ1) is 17.7. The predicted molar refractivity (Wildman–Crippen MR) is 129 cm³/mol. The van der Waals surface area contributed by atoms with E-state index in [9.17, 15) is 22.8 Å². The van der Waals surface area contributed by atoms with Crippen molar-refractivity contribution in [2.45, 2.75) is 26.9 Å². The number of hydrogen-bond acceptors (Lipinski definition) is 7.